The van der Waals surface area contributed by atoms with Crippen LogP contribution in [-0.4, -0.2) is 57.6 Å². The third-order valence-electron chi connectivity index (χ3n) is 3.22. The summed E-state index contributed by atoms with van der Waals surface area (Å²) in [5, 5.41) is 24.3. The number of rotatable bonds is 8. The number of nitrogens with one attached hydrogen (secondary N) is 3. The smallest absolute Gasteiger partial charge is 0.253 e. The zero-order chi connectivity index (χ0) is 15.1. The van der Waals surface area contributed by atoms with E-state index in [1.54, 1.807) is 0 Å². The van der Waals surface area contributed by atoms with Crippen LogP contribution < -0.4 is 16.1 Å². The maximum atomic E-state index is 9.35. The van der Waals surface area contributed by atoms with E-state index in [1.165, 1.54) is 20.0 Å². The molecule has 1 heterocycles. The van der Waals surface area contributed by atoms with Gasteiger partial charge in [-0.2, -0.15) is 15.0 Å². The van der Waals surface area contributed by atoms with Crippen LogP contribution in [0.5, 0.6) is 0 Å². The van der Waals surface area contributed by atoms with Crippen molar-refractivity contribution in [3.63, 3.8) is 0 Å². The zero-order valence-corrected chi connectivity index (χ0v) is 12.0. The molecule has 0 amide bonds. The molecule has 1 saturated carbocycles. The molecule has 0 bridgehead atoms. The molecule has 1 aliphatic rings. The number of aliphatic hydroxyl groups is 2. The zero-order valence-electron chi connectivity index (χ0n) is 12.0. The molecule has 0 spiro atoms. The maximum Gasteiger partial charge on any atom is 0.253 e. The molecule has 0 saturated heterocycles. The fraction of sp³-hybridized carbons (Fsp3) is 0.750. The van der Waals surface area contributed by atoms with Crippen LogP contribution in [0.15, 0.2) is 0 Å². The highest BCUT2D eigenvalue weighted by Gasteiger charge is 2.17. The summed E-state index contributed by atoms with van der Waals surface area (Å²) < 4.78 is 0. The van der Waals surface area contributed by atoms with E-state index >= 15 is 0 Å². The molecular weight excluding hydrogens is 276 g/mol. The van der Waals surface area contributed by atoms with Crippen LogP contribution in [0.25, 0.3) is 0 Å². The summed E-state index contributed by atoms with van der Waals surface area (Å²) in [5.41, 5.74) is 2.56. The monoisotopic (exact) mass is 298 g/mol. The van der Waals surface area contributed by atoms with E-state index < -0.39 is 6.10 Å². The van der Waals surface area contributed by atoms with Gasteiger partial charge in [-0.3, -0.25) is 4.84 Å². The summed E-state index contributed by atoms with van der Waals surface area (Å²) in [5.74, 6) is 1.03. The first-order chi connectivity index (χ1) is 10.2. The van der Waals surface area contributed by atoms with Crippen molar-refractivity contribution in [2.24, 2.45) is 0 Å². The molecule has 1 fully saturated rings. The van der Waals surface area contributed by atoms with Crippen LogP contribution in [0.4, 0.5) is 17.8 Å². The SMILES string of the molecule is CONc1nc(NCC(O)CO)nc(NC2CCCC2)n1. The van der Waals surface area contributed by atoms with Gasteiger partial charge in [-0.15, -0.1) is 0 Å². The van der Waals surface area contributed by atoms with Crippen molar-refractivity contribution in [1.82, 2.24) is 15.0 Å². The first kappa shape index (κ1) is 15.7. The molecule has 5 N–H and O–H groups in total. The Morgan fingerprint density at radius 3 is 2.52 bits per heavy atom. The number of hydrogen-bond donors (Lipinski definition) is 5. The first-order valence-electron chi connectivity index (χ1n) is 7.05. The molecule has 1 atom stereocenters. The highest BCUT2D eigenvalue weighted by Crippen LogP contribution is 2.21. The van der Waals surface area contributed by atoms with E-state index in [2.05, 4.69) is 31.1 Å². The Morgan fingerprint density at radius 2 is 1.86 bits per heavy atom. The second kappa shape index (κ2) is 7.91. The lowest BCUT2D eigenvalue weighted by molar-refractivity contribution is 0.105. The van der Waals surface area contributed by atoms with E-state index in [0.717, 1.165) is 12.8 Å². The van der Waals surface area contributed by atoms with Gasteiger partial charge in [0.2, 0.25) is 11.9 Å². The predicted molar refractivity (Wildman–Crippen MR) is 77.9 cm³/mol. The number of aliphatic hydroxyl groups excluding tert-OH is 2. The normalized spacial score (nSPS) is 16.7. The van der Waals surface area contributed by atoms with Crippen molar-refractivity contribution in [3.8, 4) is 0 Å². The number of nitrogens with zero attached hydrogens (tertiary/aromatic N) is 3. The van der Waals surface area contributed by atoms with Crippen molar-refractivity contribution < 1.29 is 15.1 Å². The van der Waals surface area contributed by atoms with Crippen molar-refractivity contribution in [2.45, 2.75) is 37.8 Å². The van der Waals surface area contributed by atoms with Crippen LogP contribution in [0.2, 0.25) is 0 Å². The van der Waals surface area contributed by atoms with Crippen LogP contribution in [0.3, 0.4) is 0 Å². The second-order valence-corrected chi connectivity index (χ2v) is 4.96. The lowest BCUT2D eigenvalue weighted by Gasteiger charge is -2.14. The quantitative estimate of drug-likeness (QED) is 0.420. The van der Waals surface area contributed by atoms with Gasteiger partial charge in [-0.05, 0) is 12.8 Å². The minimum absolute atomic E-state index is 0.149. The molecule has 1 aromatic heterocycles. The van der Waals surface area contributed by atoms with Crippen molar-refractivity contribution in [2.75, 3.05) is 36.4 Å². The Bertz CT molecular complexity index is 441. The Hall–Kier alpha value is -1.71. The predicted octanol–water partition coefficient (Wildman–Crippen LogP) is -0.0355. The molecule has 0 aromatic carbocycles. The minimum Gasteiger partial charge on any atom is -0.394 e. The summed E-state index contributed by atoms with van der Waals surface area (Å²) in [4.78, 5) is 17.4. The summed E-state index contributed by atoms with van der Waals surface area (Å²) in [6.07, 6.45) is 3.75. The summed E-state index contributed by atoms with van der Waals surface area (Å²) in [7, 11) is 1.47. The van der Waals surface area contributed by atoms with Gasteiger partial charge < -0.3 is 20.8 Å². The van der Waals surface area contributed by atoms with Gasteiger partial charge >= 0.3 is 0 Å². The largest absolute Gasteiger partial charge is 0.394 e. The van der Waals surface area contributed by atoms with Gasteiger partial charge in [0.25, 0.3) is 5.95 Å². The van der Waals surface area contributed by atoms with Gasteiger partial charge in [0.15, 0.2) is 0 Å². The number of hydrogen-bond acceptors (Lipinski definition) is 9. The van der Waals surface area contributed by atoms with E-state index in [0.29, 0.717) is 17.9 Å². The third kappa shape index (κ3) is 4.96. The molecule has 118 valence electrons. The lowest BCUT2D eigenvalue weighted by atomic mass is 10.3. The fourth-order valence-corrected chi connectivity index (χ4v) is 2.18. The van der Waals surface area contributed by atoms with Crippen LogP contribution >= 0.6 is 0 Å². The maximum absolute atomic E-state index is 9.35. The highest BCUT2D eigenvalue weighted by molar-refractivity contribution is 5.41. The summed E-state index contributed by atoms with van der Waals surface area (Å²) >= 11 is 0. The van der Waals surface area contributed by atoms with Gasteiger partial charge in [0.1, 0.15) is 0 Å². The van der Waals surface area contributed by atoms with E-state index in [1.807, 2.05) is 0 Å². The van der Waals surface area contributed by atoms with Crippen LogP contribution in [-0.2, 0) is 4.84 Å². The van der Waals surface area contributed by atoms with Crippen molar-refractivity contribution >= 4 is 17.8 Å². The second-order valence-electron chi connectivity index (χ2n) is 4.96. The minimum atomic E-state index is -0.869. The average molecular weight is 298 g/mol. The molecule has 21 heavy (non-hydrogen) atoms. The molecular formula is C12H22N6O3. The molecule has 9 heteroatoms. The molecule has 9 nitrogen and oxygen atoms in total. The van der Waals surface area contributed by atoms with Crippen molar-refractivity contribution in [3.05, 3.63) is 0 Å². The standard InChI is InChI=1S/C12H22N6O3/c1-21-18-12-16-10(13-6-9(20)7-19)15-11(17-12)14-8-4-2-3-5-8/h8-9,19-20H,2-7H2,1H3,(H3,13,14,15,16,17,18). The molecule has 0 radical (unpaired) electrons. The van der Waals surface area contributed by atoms with E-state index in [4.69, 9.17) is 9.94 Å². The fourth-order valence-electron chi connectivity index (χ4n) is 2.18. The molecule has 1 unspecified atom stereocenters. The molecule has 1 aliphatic carbocycles. The summed E-state index contributed by atoms with van der Waals surface area (Å²) in [6.45, 7) is -0.176. The third-order valence-corrected chi connectivity index (χ3v) is 3.22. The van der Waals surface area contributed by atoms with Gasteiger partial charge in [-0.1, -0.05) is 12.8 Å². The topological polar surface area (TPSA) is 124 Å². The van der Waals surface area contributed by atoms with Gasteiger partial charge in [0, 0.05) is 12.6 Å². The van der Waals surface area contributed by atoms with Gasteiger partial charge in [-0.25, -0.2) is 5.48 Å². The Kier molecular flexibility index (Phi) is 5.90. The van der Waals surface area contributed by atoms with Crippen LogP contribution in [0.1, 0.15) is 25.7 Å². The molecule has 0 aliphatic heterocycles. The van der Waals surface area contributed by atoms with E-state index in [-0.39, 0.29) is 19.1 Å². The molecule has 1 aromatic rings. The van der Waals surface area contributed by atoms with Crippen molar-refractivity contribution in [1.29, 1.82) is 0 Å². The van der Waals surface area contributed by atoms with Gasteiger partial charge in [0.05, 0.1) is 19.8 Å². The highest BCUT2D eigenvalue weighted by atomic mass is 16.6. The van der Waals surface area contributed by atoms with Crippen LogP contribution in [0, 0.1) is 0 Å². The Morgan fingerprint density at radius 1 is 1.19 bits per heavy atom. The summed E-state index contributed by atoms with van der Waals surface area (Å²) in [6, 6.07) is 0.374. The molecule has 2 rings (SSSR count). The Labute approximate surface area is 123 Å². The number of anilines is 3. The average Bonchev–Trinajstić information content (AvgIpc) is 2.98. The lowest BCUT2D eigenvalue weighted by Crippen LogP contribution is -2.25. The Balaban J connectivity index is 2.05. The first-order valence-corrected chi connectivity index (χ1v) is 7.05. The number of aromatic nitrogens is 3. The van der Waals surface area contributed by atoms with E-state index in [9.17, 15) is 5.11 Å².